The lowest BCUT2D eigenvalue weighted by Crippen LogP contribution is -2.31. The molecule has 0 fully saturated rings. The van der Waals surface area contributed by atoms with E-state index in [4.69, 9.17) is 5.73 Å². The SMILES string of the molecule is Nc1cccc(-c2nc3n(n2)CC([N+](=O)[O-])CC3)c1. The van der Waals surface area contributed by atoms with Gasteiger partial charge in [0.05, 0.1) is 0 Å². The zero-order valence-corrected chi connectivity index (χ0v) is 10.2. The molecule has 0 radical (unpaired) electrons. The van der Waals surface area contributed by atoms with Crippen LogP contribution in [0, 0.1) is 10.1 Å². The molecule has 7 heteroatoms. The molecule has 2 heterocycles. The van der Waals surface area contributed by atoms with E-state index >= 15 is 0 Å². The number of anilines is 1. The third-order valence-electron chi connectivity index (χ3n) is 3.28. The maximum Gasteiger partial charge on any atom is 0.232 e. The second kappa shape index (κ2) is 4.34. The molecule has 1 aliphatic heterocycles. The highest BCUT2D eigenvalue weighted by Crippen LogP contribution is 2.22. The first-order valence-electron chi connectivity index (χ1n) is 6.06. The molecule has 98 valence electrons. The lowest BCUT2D eigenvalue weighted by atomic mass is 10.1. The minimum Gasteiger partial charge on any atom is -0.399 e. The molecule has 2 aromatic rings. The van der Waals surface area contributed by atoms with Crippen molar-refractivity contribution in [3.05, 3.63) is 40.2 Å². The molecule has 0 spiro atoms. The highest BCUT2D eigenvalue weighted by molar-refractivity contribution is 5.60. The largest absolute Gasteiger partial charge is 0.399 e. The Bertz CT molecular complexity index is 637. The van der Waals surface area contributed by atoms with Crippen molar-refractivity contribution in [3.8, 4) is 11.4 Å². The molecule has 1 aromatic heterocycles. The van der Waals surface area contributed by atoms with Crippen molar-refractivity contribution < 1.29 is 4.92 Å². The van der Waals surface area contributed by atoms with E-state index in [1.807, 2.05) is 12.1 Å². The van der Waals surface area contributed by atoms with Gasteiger partial charge in [0.25, 0.3) is 0 Å². The number of nitro groups is 1. The molecule has 1 aromatic carbocycles. The van der Waals surface area contributed by atoms with Gasteiger partial charge in [-0.05, 0) is 12.1 Å². The first-order valence-corrected chi connectivity index (χ1v) is 6.06. The van der Waals surface area contributed by atoms with Gasteiger partial charge in [-0.1, -0.05) is 12.1 Å². The number of aromatic nitrogens is 3. The summed E-state index contributed by atoms with van der Waals surface area (Å²) in [7, 11) is 0. The van der Waals surface area contributed by atoms with E-state index in [1.54, 1.807) is 16.8 Å². The van der Waals surface area contributed by atoms with Gasteiger partial charge < -0.3 is 5.73 Å². The van der Waals surface area contributed by atoms with Crippen LogP contribution in [0.1, 0.15) is 12.2 Å². The normalized spacial score (nSPS) is 18.0. The van der Waals surface area contributed by atoms with E-state index in [0.717, 1.165) is 11.4 Å². The summed E-state index contributed by atoms with van der Waals surface area (Å²) >= 11 is 0. The van der Waals surface area contributed by atoms with Crippen LogP contribution in [0.15, 0.2) is 24.3 Å². The van der Waals surface area contributed by atoms with Crippen molar-refractivity contribution in [2.45, 2.75) is 25.4 Å². The van der Waals surface area contributed by atoms with Gasteiger partial charge in [0, 0.05) is 29.0 Å². The number of rotatable bonds is 2. The molecule has 1 unspecified atom stereocenters. The first-order chi connectivity index (χ1) is 9.13. The fraction of sp³-hybridized carbons (Fsp3) is 0.333. The summed E-state index contributed by atoms with van der Waals surface area (Å²) in [6.45, 7) is 0.289. The summed E-state index contributed by atoms with van der Waals surface area (Å²) in [4.78, 5) is 15.0. The van der Waals surface area contributed by atoms with E-state index in [1.165, 1.54) is 0 Å². The van der Waals surface area contributed by atoms with Crippen molar-refractivity contribution in [1.82, 2.24) is 14.8 Å². The van der Waals surface area contributed by atoms with Gasteiger partial charge in [-0.25, -0.2) is 9.67 Å². The molecule has 0 saturated carbocycles. The van der Waals surface area contributed by atoms with Gasteiger partial charge in [-0.15, -0.1) is 0 Å². The Hall–Kier alpha value is -2.44. The second-order valence-corrected chi connectivity index (χ2v) is 4.64. The number of fused-ring (bicyclic) bond motifs is 1. The van der Waals surface area contributed by atoms with Gasteiger partial charge in [0.1, 0.15) is 12.4 Å². The van der Waals surface area contributed by atoms with Crippen molar-refractivity contribution >= 4 is 5.69 Å². The molecule has 0 aliphatic carbocycles. The maximum absolute atomic E-state index is 10.8. The summed E-state index contributed by atoms with van der Waals surface area (Å²) in [5, 5.41) is 15.2. The third-order valence-corrected chi connectivity index (χ3v) is 3.28. The zero-order chi connectivity index (χ0) is 13.4. The molecule has 2 N–H and O–H groups in total. The van der Waals surface area contributed by atoms with Crippen LogP contribution < -0.4 is 5.73 Å². The van der Waals surface area contributed by atoms with Crippen LogP contribution in [0.3, 0.4) is 0 Å². The molecule has 0 amide bonds. The Morgan fingerprint density at radius 1 is 1.47 bits per heavy atom. The minimum atomic E-state index is -0.567. The number of benzene rings is 1. The number of nitrogens with zero attached hydrogens (tertiary/aromatic N) is 4. The molecule has 0 bridgehead atoms. The number of nitrogen functional groups attached to an aromatic ring is 1. The van der Waals surface area contributed by atoms with Crippen molar-refractivity contribution in [2.24, 2.45) is 0 Å². The van der Waals surface area contributed by atoms with E-state index in [2.05, 4.69) is 10.1 Å². The molecule has 7 nitrogen and oxygen atoms in total. The predicted molar refractivity (Wildman–Crippen MR) is 69.0 cm³/mol. The molecule has 1 atom stereocenters. The van der Waals surface area contributed by atoms with E-state index in [0.29, 0.717) is 24.4 Å². The van der Waals surface area contributed by atoms with Gasteiger partial charge in [-0.3, -0.25) is 10.1 Å². The Balaban J connectivity index is 1.93. The molecule has 3 rings (SSSR count). The average Bonchev–Trinajstić information content (AvgIpc) is 2.81. The van der Waals surface area contributed by atoms with Gasteiger partial charge in [0.2, 0.25) is 6.04 Å². The second-order valence-electron chi connectivity index (χ2n) is 4.64. The summed E-state index contributed by atoms with van der Waals surface area (Å²) < 4.78 is 1.63. The summed E-state index contributed by atoms with van der Waals surface area (Å²) in [5.74, 6) is 1.38. The lowest BCUT2D eigenvalue weighted by molar-refractivity contribution is -0.527. The van der Waals surface area contributed by atoms with Crippen LogP contribution in [-0.2, 0) is 13.0 Å². The van der Waals surface area contributed by atoms with Gasteiger partial charge in [-0.2, -0.15) is 5.10 Å². The first kappa shape index (κ1) is 11.6. The Morgan fingerprint density at radius 3 is 3.05 bits per heavy atom. The highest BCUT2D eigenvalue weighted by Gasteiger charge is 2.29. The van der Waals surface area contributed by atoms with Crippen molar-refractivity contribution in [1.29, 1.82) is 0 Å². The van der Waals surface area contributed by atoms with E-state index < -0.39 is 6.04 Å². The molecular weight excluding hydrogens is 246 g/mol. The summed E-state index contributed by atoms with van der Waals surface area (Å²) in [6.07, 6.45) is 1.10. The smallest absolute Gasteiger partial charge is 0.232 e. The van der Waals surface area contributed by atoms with Crippen LogP contribution >= 0.6 is 0 Å². The predicted octanol–water partition coefficient (Wildman–Crippen LogP) is 1.12. The maximum atomic E-state index is 10.8. The van der Waals surface area contributed by atoms with Crippen LogP contribution in [0.25, 0.3) is 11.4 Å². The fourth-order valence-corrected chi connectivity index (χ4v) is 2.26. The standard InChI is InChI=1S/C12H13N5O2/c13-9-3-1-2-8(6-9)12-14-11-5-4-10(17(18)19)7-16(11)15-12/h1-3,6,10H,4-5,7,13H2. The molecular formula is C12H13N5O2. The quantitative estimate of drug-likeness (QED) is 0.495. The Morgan fingerprint density at radius 2 is 2.32 bits per heavy atom. The monoisotopic (exact) mass is 259 g/mol. The number of nitrogens with two attached hydrogens (primary N) is 1. The van der Waals surface area contributed by atoms with E-state index in [9.17, 15) is 10.1 Å². The Kier molecular flexibility index (Phi) is 2.66. The number of aryl methyl sites for hydroxylation is 1. The van der Waals surface area contributed by atoms with Crippen molar-refractivity contribution in [3.63, 3.8) is 0 Å². The van der Waals surface area contributed by atoms with Gasteiger partial charge in [0.15, 0.2) is 5.82 Å². The third kappa shape index (κ3) is 2.14. The topological polar surface area (TPSA) is 99.9 Å². The molecule has 0 saturated heterocycles. The van der Waals surface area contributed by atoms with Crippen LogP contribution in [-0.4, -0.2) is 25.7 Å². The summed E-state index contributed by atoms with van der Waals surface area (Å²) in [6, 6.07) is 6.74. The molecule has 1 aliphatic rings. The van der Waals surface area contributed by atoms with Crippen LogP contribution in [0.5, 0.6) is 0 Å². The van der Waals surface area contributed by atoms with Crippen LogP contribution in [0.2, 0.25) is 0 Å². The van der Waals surface area contributed by atoms with Crippen LogP contribution in [0.4, 0.5) is 5.69 Å². The number of hydrogen-bond donors (Lipinski definition) is 1. The number of hydrogen-bond acceptors (Lipinski definition) is 5. The van der Waals surface area contributed by atoms with Crippen molar-refractivity contribution in [2.75, 3.05) is 5.73 Å². The highest BCUT2D eigenvalue weighted by atomic mass is 16.6. The van der Waals surface area contributed by atoms with Gasteiger partial charge >= 0.3 is 0 Å². The summed E-state index contributed by atoms with van der Waals surface area (Å²) in [5.41, 5.74) is 7.21. The zero-order valence-electron chi connectivity index (χ0n) is 10.2. The van der Waals surface area contributed by atoms with E-state index in [-0.39, 0.29) is 11.5 Å². The molecule has 19 heavy (non-hydrogen) atoms. The lowest BCUT2D eigenvalue weighted by Gasteiger charge is -2.15. The average molecular weight is 259 g/mol. The fourth-order valence-electron chi connectivity index (χ4n) is 2.26. The Labute approximate surface area is 109 Å². The minimum absolute atomic E-state index is 0.245.